The van der Waals surface area contributed by atoms with E-state index in [2.05, 4.69) is 27.6 Å². The van der Waals surface area contributed by atoms with Crippen LogP contribution < -0.4 is 5.43 Å². The number of nitrogens with one attached hydrogen (secondary N) is 1. The van der Waals surface area contributed by atoms with Crippen LogP contribution in [0, 0.1) is 3.57 Å². The molecule has 88 valence electrons. The fourth-order valence-electron chi connectivity index (χ4n) is 2.00. The van der Waals surface area contributed by atoms with Crippen molar-refractivity contribution in [2.75, 3.05) is 0 Å². The maximum atomic E-state index is 12.1. The van der Waals surface area contributed by atoms with Gasteiger partial charge in [0.2, 0.25) is 5.43 Å². The molecule has 0 radical (unpaired) electrons. The van der Waals surface area contributed by atoms with Gasteiger partial charge in [0, 0.05) is 17.1 Å². The molecule has 3 rings (SSSR count). The SMILES string of the molecule is O=c1c(I)c[nH]c2ccc(-c3ccccc3)cc12. The average molecular weight is 347 g/mol. The zero-order chi connectivity index (χ0) is 12.5. The Morgan fingerprint density at radius 3 is 2.50 bits per heavy atom. The van der Waals surface area contributed by atoms with E-state index in [-0.39, 0.29) is 5.43 Å². The molecule has 3 heteroatoms. The van der Waals surface area contributed by atoms with Crippen LogP contribution in [0.3, 0.4) is 0 Å². The molecule has 3 aromatic rings. The van der Waals surface area contributed by atoms with Crippen LogP contribution in [0.25, 0.3) is 22.0 Å². The summed E-state index contributed by atoms with van der Waals surface area (Å²) in [5, 5.41) is 0.739. The summed E-state index contributed by atoms with van der Waals surface area (Å²) < 4.78 is 0.713. The first kappa shape index (κ1) is 11.5. The van der Waals surface area contributed by atoms with E-state index < -0.39 is 0 Å². The third kappa shape index (κ3) is 1.95. The molecule has 0 atom stereocenters. The van der Waals surface area contributed by atoms with Crippen LogP contribution in [0.15, 0.2) is 59.5 Å². The van der Waals surface area contributed by atoms with Crippen LogP contribution in [-0.4, -0.2) is 4.98 Å². The molecule has 2 nitrogen and oxygen atoms in total. The number of pyridine rings is 1. The molecule has 18 heavy (non-hydrogen) atoms. The van der Waals surface area contributed by atoms with Crippen LogP contribution in [0.1, 0.15) is 0 Å². The van der Waals surface area contributed by atoms with E-state index in [9.17, 15) is 4.79 Å². The zero-order valence-corrected chi connectivity index (χ0v) is 11.6. The molecule has 0 fully saturated rings. The second-order valence-electron chi connectivity index (χ2n) is 4.09. The lowest BCUT2D eigenvalue weighted by Crippen LogP contribution is -2.06. The van der Waals surface area contributed by atoms with Crippen molar-refractivity contribution < 1.29 is 0 Å². The Morgan fingerprint density at radius 1 is 0.944 bits per heavy atom. The number of hydrogen-bond donors (Lipinski definition) is 1. The zero-order valence-electron chi connectivity index (χ0n) is 9.48. The van der Waals surface area contributed by atoms with Gasteiger partial charge in [-0.1, -0.05) is 36.4 Å². The second kappa shape index (κ2) is 4.57. The van der Waals surface area contributed by atoms with Crippen molar-refractivity contribution in [3.8, 4) is 11.1 Å². The fraction of sp³-hybridized carbons (Fsp3) is 0. The number of rotatable bonds is 1. The predicted octanol–water partition coefficient (Wildman–Crippen LogP) is 3.80. The van der Waals surface area contributed by atoms with Crippen LogP contribution >= 0.6 is 22.6 Å². The molecule has 0 saturated carbocycles. The van der Waals surface area contributed by atoms with E-state index in [4.69, 9.17) is 0 Å². The van der Waals surface area contributed by atoms with Crippen LogP contribution in [0.2, 0.25) is 0 Å². The third-order valence-electron chi connectivity index (χ3n) is 2.94. The summed E-state index contributed by atoms with van der Waals surface area (Å²) in [7, 11) is 0. The monoisotopic (exact) mass is 347 g/mol. The van der Waals surface area contributed by atoms with Crippen molar-refractivity contribution in [3.63, 3.8) is 0 Å². The summed E-state index contributed by atoms with van der Waals surface area (Å²) in [4.78, 5) is 15.2. The van der Waals surface area contributed by atoms with Gasteiger partial charge >= 0.3 is 0 Å². The molecule has 0 spiro atoms. The van der Waals surface area contributed by atoms with Crippen molar-refractivity contribution >= 4 is 33.5 Å². The van der Waals surface area contributed by atoms with Gasteiger partial charge in [0.1, 0.15) is 0 Å². The normalized spacial score (nSPS) is 10.7. The highest BCUT2D eigenvalue weighted by molar-refractivity contribution is 14.1. The summed E-state index contributed by atoms with van der Waals surface area (Å²) in [6.45, 7) is 0. The molecule has 0 aliphatic rings. The minimum Gasteiger partial charge on any atom is -0.360 e. The number of aromatic nitrogens is 1. The molecule has 1 N–H and O–H groups in total. The average Bonchev–Trinajstić information content (AvgIpc) is 2.44. The molecule has 0 amide bonds. The lowest BCUT2D eigenvalue weighted by Gasteiger charge is -2.04. The topological polar surface area (TPSA) is 32.9 Å². The number of H-pyrrole nitrogens is 1. The van der Waals surface area contributed by atoms with Crippen molar-refractivity contribution in [3.05, 3.63) is 68.5 Å². The first-order chi connectivity index (χ1) is 8.75. The second-order valence-corrected chi connectivity index (χ2v) is 5.25. The smallest absolute Gasteiger partial charge is 0.202 e. The Labute approximate surface area is 118 Å². The molecular formula is C15H10INO. The van der Waals surface area contributed by atoms with Gasteiger partial charge in [-0.2, -0.15) is 0 Å². The van der Waals surface area contributed by atoms with E-state index in [1.807, 2.05) is 48.5 Å². The Kier molecular flexibility index (Phi) is 2.91. The van der Waals surface area contributed by atoms with Gasteiger partial charge in [0.15, 0.2) is 0 Å². The van der Waals surface area contributed by atoms with E-state index in [1.54, 1.807) is 6.20 Å². The first-order valence-electron chi connectivity index (χ1n) is 5.62. The van der Waals surface area contributed by atoms with Gasteiger partial charge in [-0.05, 0) is 45.9 Å². The highest BCUT2D eigenvalue weighted by Crippen LogP contribution is 2.22. The van der Waals surface area contributed by atoms with Crippen molar-refractivity contribution in [1.29, 1.82) is 0 Å². The van der Waals surface area contributed by atoms with Crippen LogP contribution in [0.4, 0.5) is 0 Å². The van der Waals surface area contributed by atoms with Gasteiger partial charge in [-0.3, -0.25) is 4.79 Å². The summed E-state index contributed by atoms with van der Waals surface area (Å²) in [6, 6.07) is 16.0. The van der Waals surface area contributed by atoms with Gasteiger partial charge < -0.3 is 4.98 Å². The number of halogens is 1. The minimum atomic E-state index is 0.0853. The standard InChI is InChI=1S/C15H10INO/c16-13-9-17-14-7-6-11(8-12(14)15(13)18)10-4-2-1-3-5-10/h1-9H,(H,17,18). The fourth-order valence-corrected chi connectivity index (χ4v) is 2.45. The lowest BCUT2D eigenvalue weighted by atomic mass is 10.0. The third-order valence-corrected chi connectivity index (χ3v) is 3.74. The molecule has 1 heterocycles. The molecule has 2 aromatic carbocycles. The molecule has 0 aliphatic heterocycles. The lowest BCUT2D eigenvalue weighted by molar-refractivity contribution is 1.36. The maximum Gasteiger partial charge on any atom is 0.202 e. The van der Waals surface area contributed by atoms with Gasteiger partial charge in [0.25, 0.3) is 0 Å². The largest absolute Gasteiger partial charge is 0.360 e. The number of hydrogen-bond acceptors (Lipinski definition) is 1. The molecule has 0 unspecified atom stereocenters. The Hall–Kier alpha value is -1.62. The molecular weight excluding hydrogens is 337 g/mol. The van der Waals surface area contributed by atoms with E-state index in [0.29, 0.717) is 3.57 Å². The summed E-state index contributed by atoms with van der Waals surface area (Å²) in [5.41, 5.74) is 3.15. The van der Waals surface area contributed by atoms with Gasteiger partial charge in [0.05, 0.1) is 3.57 Å². The quantitative estimate of drug-likeness (QED) is 0.668. The van der Waals surface area contributed by atoms with E-state index in [0.717, 1.165) is 22.0 Å². The summed E-state index contributed by atoms with van der Waals surface area (Å²) in [6.07, 6.45) is 1.74. The van der Waals surface area contributed by atoms with Crippen LogP contribution in [-0.2, 0) is 0 Å². The number of benzene rings is 2. The Morgan fingerprint density at radius 2 is 1.72 bits per heavy atom. The van der Waals surface area contributed by atoms with Crippen LogP contribution in [0.5, 0.6) is 0 Å². The van der Waals surface area contributed by atoms with E-state index >= 15 is 0 Å². The molecule has 0 bridgehead atoms. The summed E-state index contributed by atoms with van der Waals surface area (Å²) >= 11 is 2.06. The first-order valence-corrected chi connectivity index (χ1v) is 6.70. The number of fused-ring (bicyclic) bond motifs is 1. The number of aromatic amines is 1. The molecule has 0 aliphatic carbocycles. The maximum absolute atomic E-state index is 12.1. The highest BCUT2D eigenvalue weighted by Gasteiger charge is 2.04. The molecule has 0 saturated heterocycles. The molecule has 1 aromatic heterocycles. The Balaban J connectivity index is 2.29. The van der Waals surface area contributed by atoms with Gasteiger partial charge in [-0.15, -0.1) is 0 Å². The Bertz CT molecular complexity index is 762. The van der Waals surface area contributed by atoms with Crippen molar-refractivity contribution in [2.45, 2.75) is 0 Å². The highest BCUT2D eigenvalue weighted by atomic mass is 127. The van der Waals surface area contributed by atoms with Crippen molar-refractivity contribution in [2.24, 2.45) is 0 Å². The van der Waals surface area contributed by atoms with Crippen molar-refractivity contribution in [1.82, 2.24) is 4.98 Å². The predicted molar refractivity (Wildman–Crippen MR) is 82.7 cm³/mol. The minimum absolute atomic E-state index is 0.0853. The van der Waals surface area contributed by atoms with Gasteiger partial charge in [-0.25, -0.2) is 0 Å². The summed E-state index contributed by atoms with van der Waals surface area (Å²) in [5.74, 6) is 0. The van der Waals surface area contributed by atoms with E-state index in [1.165, 1.54) is 0 Å².